The largest absolute Gasteiger partial charge is 0.317 e. The van der Waals surface area contributed by atoms with Gasteiger partial charge in [0.1, 0.15) is 0 Å². The summed E-state index contributed by atoms with van der Waals surface area (Å²) in [6.07, 6.45) is 7.08. The zero-order valence-corrected chi connectivity index (χ0v) is 7.03. The molecule has 1 atom stereocenters. The standard InChI is InChI=1S/C9H19N/c1-9-5-3-2-4-7-10-8-6-9/h9-10H,2-8H2,1H3/t9-/m0/s1. The second kappa shape index (κ2) is 4.73. The van der Waals surface area contributed by atoms with E-state index < -0.39 is 0 Å². The maximum Gasteiger partial charge on any atom is -0.00464 e. The van der Waals surface area contributed by atoms with Crippen molar-refractivity contribution < 1.29 is 0 Å². The molecule has 0 aliphatic carbocycles. The zero-order valence-electron chi connectivity index (χ0n) is 7.03. The minimum absolute atomic E-state index is 0.950. The number of hydrogen-bond acceptors (Lipinski definition) is 1. The summed E-state index contributed by atoms with van der Waals surface area (Å²) in [6, 6.07) is 0. The summed E-state index contributed by atoms with van der Waals surface area (Å²) in [5.74, 6) is 0.950. The van der Waals surface area contributed by atoms with Crippen LogP contribution in [0.15, 0.2) is 0 Å². The molecule has 0 radical (unpaired) electrons. The molecule has 1 nitrogen and oxygen atoms in total. The Hall–Kier alpha value is -0.0400. The predicted molar refractivity (Wildman–Crippen MR) is 45.1 cm³/mol. The van der Waals surface area contributed by atoms with Crippen LogP contribution in [0.1, 0.15) is 39.0 Å². The first kappa shape index (κ1) is 8.06. The van der Waals surface area contributed by atoms with Crippen LogP contribution in [-0.4, -0.2) is 13.1 Å². The van der Waals surface area contributed by atoms with Crippen LogP contribution in [0.5, 0.6) is 0 Å². The first-order chi connectivity index (χ1) is 4.89. The summed E-state index contributed by atoms with van der Waals surface area (Å²) in [5.41, 5.74) is 0. The summed E-state index contributed by atoms with van der Waals surface area (Å²) in [5, 5.41) is 3.46. The Morgan fingerprint density at radius 2 is 1.90 bits per heavy atom. The molecule has 0 unspecified atom stereocenters. The lowest BCUT2D eigenvalue weighted by Gasteiger charge is -2.07. The van der Waals surface area contributed by atoms with Crippen LogP contribution in [0.25, 0.3) is 0 Å². The lowest BCUT2D eigenvalue weighted by Crippen LogP contribution is -2.17. The summed E-state index contributed by atoms with van der Waals surface area (Å²) in [6.45, 7) is 4.85. The van der Waals surface area contributed by atoms with Crippen molar-refractivity contribution in [3.63, 3.8) is 0 Å². The van der Waals surface area contributed by atoms with Crippen LogP contribution >= 0.6 is 0 Å². The van der Waals surface area contributed by atoms with Gasteiger partial charge in [-0.15, -0.1) is 0 Å². The first-order valence-electron chi connectivity index (χ1n) is 4.60. The molecule has 0 saturated carbocycles. The van der Waals surface area contributed by atoms with E-state index in [0.29, 0.717) is 0 Å². The van der Waals surface area contributed by atoms with Gasteiger partial charge in [-0.25, -0.2) is 0 Å². The van der Waals surface area contributed by atoms with Crippen LogP contribution in [-0.2, 0) is 0 Å². The Bertz CT molecular complexity index is 70.8. The fourth-order valence-electron chi connectivity index (χ4n) is 1.54. The molecule has 1 saturated heterocycles. The Labute approximate surface area is 64.2 Å². The Morgan fingerprint density at radius 1 is 1.00 bits per heavy atom. The molecule has 1 fully saturated rings. The molecule has 1 aliphatic rings. The molecule has 1 aliphatic heterocycles. The number of hydrogen-bond donors (Lipinski definition) is 1. The lowest BCUT2D eigenvalue weighted by atomic mass is 10.0. The second-order valence-corrected chi connectivity index (χ2v) is 3.49. The van der Waals surface area contributed by atoms with E-state index >= 15 is 0 Å². The van der Waals surface area contributed by atoms with Gasteiger partial charge in [0.15, 0.2) is 0 Å². The van der Waals surface area contributed by atoms with Gasteiger partial charge in [0.05, 0.1) is 0 Å². The molecule has 0 amide bonds. The molecule has 10 heavy (non-hydrogen) atoms. The van der Waals surface area contributed by atoms with E-state index in [2.05, 4.69) is 12.2 Å². The molecular formula is C9H19N. The summed E-state index contributed by atoms with van der Waals surface area (Å²) in [7, 11) is 0. The SMILES string of the molecule is C[C@H]1CCCCCNCC1. The van der Waals surface area contributed by atoms with Gasteiger partial charge in [0.25, 0.3) is 0 Å². The van der Waals surface area contributed by atoms with Crippen LogP contribution in [0.3, 0.4) is 0 Å². The monoisotopic (exact) mass is 141 g/mol. The summed E-state index contributed by atoms with van der Waals surface area (Å²) >= 11 is 0. The van der Waals surface area contributed by atoms with Gasteiger partial charge in [-0.3, -0.25) is 0 Å². The van der Waals surface area contributed by atoms with Gasteiger partial charge < -0.3 is 5.32 Å². The maximum absolute atomic E-state index is 3.46. The molecule has 1 N–H and O–H groups in total. The third kappa shape index (κ3) is 3.21. The predicted octanol–water partition coefficient (Wildman–Crippen LogP) is 2.18. The highest BCUT2D eigenvalue weighted by Gasteiger charge is 2.03. The average molecular weight is 141 g/mol. The van der Waals surface area contributed by atoms with Gasteiger partial charge >= 0.3 is 0 Å². The van der Waals surface area contributed by atoms with Crippen molar-refractivity contribution in [3.8, 4) is 0 Å². The maximum atomic E-state index is 3.46. The molecule has 0 spiro atoms. The van der Waals surface area contributed by atoms with E-state index in [1.807, 2.05) is 0 Å². The van der Waals surface area contributed by atoms with Crippen molar-refractivity contribution in [2.24, 2.45) is 5.92 Å². The van der Waals surface area contributed by atoms with Crippen molar-refractivity contribution in [2.45, 2.75) is 39.0 Å². The summed E-state index contributed by atoms with van der Waals surface area (Å²) < 4.78 is 0. The minimum Gasteiger partial charge on any atom is -0.317 e. The number of nitrogens with one attached hydrogen (secondary N) is 1. The molecular weight excluding hydrogens is 122 g/mol. The van der Waals surface area contributed by atoms with Crippen molar-refractivity contribution in [1.82, 2.24) is 5.32 Å². The van der Waals surface area contributed by atoms with Crippen molar-refractivity contribution in [2.75, 3.05) is 13.1 Å². The van der Waals surface area contributed by atoms with E-state index in [1.165, 1.54) is 45.2 Å². The quantitative estimate of drug-likeness (QED) is 0.545. The average Bonchev–Trinajstić information content (AvgIpc) is 2.02. The highest BCUT2D eigenvalue weighted by Crippen LogP contribution is 2.13. The topological polar surface area (TPSA) is 12.0 Å². The van der Waals surface area contributed by atoms with Crippen molar-refractivity contribution >= 4 is 0 Å². The van der Waals surface area contributed by atoms with E-state index in [4.69, 9.17) is 0 Å². The molecule has 0 aromatic carbocycles. The normalized spacial score (nSPS) is 30.3. The fraction of sp³-hybridized carbons (Fsp3) is 1.00. The van der Waals surface area contributed by atoms with Gasteiger partial charge in [0.2, 0.25) is 0 Å². The van der Waals surface area contributed by atoms with Gasteiger partial charge in [-0.1, -0.05) is 26.2 Å². The Balaban J connectivity index is 2.15. The van der Waals surface area contributed by atoms with E-state index in [9.17, 15) is 0 Å². The van der Waals surface area contributed by atoms with Crippen molar-refractivity contribution in [3.05, 3.63) is 0 Å². The third-order valence-electron chi connectivity index (χ3n) is 2.36. The lowest BCUT2D eigenvalue weighted by molar-refractivity contribution is 0.474. The molecule has 1 heterocycles. The molecule has 0 bridgehead atoms. The van der Waals surface area contributed by atoms with Crippen LogP contribution < -0.4 is 5.32 Å². The molecule has 0 aromatic rings. The molecule has 1 rings (SSSR count). The summed E-state index contributed by atoms with van der Waals surface area (Å²) in [4.78, 5) is 0. The van der Waals surface area contributed by atoms with E-state index in [-0.39, 0.29) is 0 Å². The fourth-order valence-corrected chi connectivity index (χ4v) is 1.54. The van der Waals surface area contributed by atoms with Gasteiger partial charge in [-0.2, -0.15) is 0 Å². The van der Waals surface area contributed by atoms with Crippen LogP contribution in [0.2, 0.25) is 0 Å². The second-order valence-electron chi connectivity index (χ2n) is 3.49. The molecule has 1 heteroatoms. The molecule has 60 valence electrons. The van der Waals surface area contributed by atoms with E-state index in [1.54, 1.807) is 0 Å². The van der Waals surface area contributed by atoms with Gasteiger partial charge in [-0.05, 0) is 31.8 Å². The zero-order chi connectivity index (χ0) is 7.23. The Kier molecular flexibility index (Phi) is 3.81. The third-order valence-corrected chi connectivity index (χ3v) is 2.36. The highest BCUT2D eigenvalue weighted by atomic mass is 14.8. The van der Waals surface area contributed by atoms with Crippen molar-refractivity contribution in [1.29, 1.82) is 0 Å². The smallest absolute Gasteiger partial charge is 0.00464 e. The van der Waals surface area contributed by atoms with Gasteiger partial charge in [0, 0.05) is 0 Å². The highest BCUT2D eigenvalue weighted by molar-refractivity contribution is 4.60. The van der Waals surface area contributed by atoms with Crippen LogP contribution in [0, 0.1) is 5.92 Å². The first-order valence-corrected chi connectivity index (χ1v) is 4.60. The number of rotatable bonds is 0. The Morgan fingerprint density at radius 3 is 2.80 bits per heavy atom. The molecule has 0 aromatic heterocycles. The van der Waals surface area contributed by atoms with Crippen LogP contribution in [0.4, 0.5) is 0 Å². The minimum atomic E-state index is 0.950. The van der Waals surface area contributed by atoms with E-state index in [0.717, 1.165) is 5.92 Å².